The van der Waals surface area contributed by atoms with Crippen LogP contribution < -0.4 is 5.73 Å². The van der Waals surface area contributed by atoms with Crippen molar-refractivity contribution in [3.63, 3.8) is 0 Å². The van der Waals surface area contributed by atoms with E-state index in [-0.39, 0.29) is 0 Å². The van der Waals surface area contributed by atoms with Crippen LogP contribution in [0.2, 0.25) is 0 Å². The Balaban J connectivity index is 2.22. The van der Waals surface area contributed by atoms with Gasteiger partial charge in [-0.15, -0.1) is 0 Å². The van der Waals surface area contributed by atoms with Crippen molar-refractivity contribution >= 4 is 0 Å². The topological polar surface area (TPSA) is 54.7 Å². The number of hydrogen-bond acceptors (Lipinski definition) is 2. The van der Waals surface area contributed by atoms with Crippen LogP contribution in [0.4, 0.5) is 0 Å². The van der Waals surface area contributed by atoms with E-state index in [0.29, 0.717) is 12.5 Å². The number of hydrogen-bond donors (Lipinski definition) is 2. The molecule has 1 unspecified atom stereocenters. The SMILES string of the molecule is CCC(C)c1ccc(-c2cnc(CN)[nH]2)cc1. The summed E-state index contributed by atoms with van der Waals surface area (Å²) in [5, 5.41) is 0. The molecule has 1 aromatic heterocycles. The van der Waals surface area contributed by atoms with Crippen molar-refractivity contribution in [1.29, 1.82) is 0 Å². The Morgan fingerprint density at radius 1 is 1.29 bits per heavy atom. The highest BCUT2D eigenvalue weighted by molar-refractivity contribution is 5.58. The number of nitrogens with two attached hydrogens (primary N) is 1. The molecule has 0 amide bonds. The van der Waals surface area contributed by atoms with Gasteiger partial charge in [-0.05, 0) is 23.5 Å². The molecule has 2 rings (SSSR count). The zero-order chi connectivity index (χ0) is 12.3. The molecule has 3 nitrogen and oxygen atoms in total. The smallest absolute Gasteiger partial charge is 0.120 e. The van der Waals surface area contributed by atoms with Crippen LogP contribution in [0.5, 0.6) is 0 Å². The molecule has 1 heterocycles. The lowest BCUT2D eigenvalue weighted by molar-refractivity contribution is 0.734. The maximum atomic E-state index is 5.53. The molecule has 1 atom stereocenters. The van der Waals surface area contributed by atoms with Crippen LogP contribution in [0.1, 0.15) is 37.6 Å². The molecule has 3 heteroatoms. The van der Waals surface area contributed by atoms with Crippen molar-refractivity contribution in [1.82, 2.24) is 9.97 Å². The van der Waals surface area contributed by atoms with Gasteiger partial charge < -0.3 is 10.7 Å². The summed E-state index contributed by atoms with van der Waals surface area (Å²) in [6.45, 7) is 4.91. The minimum Gasteiger partial charge on any atom is -0.341 e. The van der Waals surface area contributed by atoms with Crippen molar-refractivity contribution < 1.29 is 0 Å². The van der Waals surface area contributed by atoms with Crippen molar-refractivity contribution in [2.45, 2.75) is 32.7 Å². The third kappa shape index (κ3) is 2.56. The highest BCUT2D eigenvalue weighted by Crippen LogP contribution is 2.23. The lowest BCUT2D eigenvalue weighted by atomic mass is 9.97. The molecule has 0 aliphatic heterocycles. The van der Waals surface area contributed by atoms with Gasteiger partial charge in [-0.2, -0.15) is 0 Å². The molecule has 0 bridgehead atoms. The van der Waals surface area contributed by atoms with Crippen LogP contribution >= 0.6 is 0 Å². The van der Waals surface area contributed by atoms with Crippen molar-refractivity contribution in [2.75, 3.05) is 0 Å². The van der Waals surface area contributed by atoms with Crippen molar-refractivity contribution in [3.05, 3.63) is 41.9 Å². The Morgan fingerprint density at radius 3 is 2.53 bits per heavy atom. The van der Waals surface area contributed by atoms with Crippen molar-refractivity contribution in [2.24, 2.45) is 5.73 Å². The highest BCUT2D eigenvalue weighted by Gasteiger charge is 2.05. The zero-order valence-corrected chi connectivity index (χ0v) is 10.4. The van der Waals surface area contributed by atoms with Crippen LogP contribution in [-0.2, 0) is 6.54 Å². The van der Waals surface area contributed by atoms with E-state index in [9.17, 15) is 0 Å². The molecular formula is C14H19N3. The summed E-state index contributed by atoms with van der Waals surface area (Å²) in [5.41, 5.74) is 9.10. The number of nitrogens with one attached hydrogen (secondary N) is 1. The summed E-state index contributed by atoms with van der Waals surface area (Å²) >= 11 is 0. The molecule has 0 aliphatic rings. The molecule has 0 aliphatic carbocycles. The van der Waals surface area contributed by atoms with Gasteiger partial charge in [-0.25, -0.2) is 4.98 Å². The summed E-state index contributed by atoms with van der Waals surface area (Å²) < 4.78 is 0. The predicted octanol–water partition coefficient (Wildman–Crippen LogP) is 3.05. The van der Waals surface area contributed by atoms with E-state index >= 15 is 0 Å². The number of aromatic nitrogens is 2. The molecule has 0 spiro atoms. The van der Waals surface area contributed by atoms with Gasteiger partial charge in [0, 0.05) is 0 Å². The maximum Gasteiger partial charge on any atom is 0.120 e. The fraction of sp³-hybridized carbons (Fsp3) is 0.357. The second kappa shape index (κ2) is 5.15. The highest BCUT2D eigenvalue weighted by atomic mass is 14.9. The summed E-state index contributed by atoms with van der Waals surface area (Å²) in [6.07, 6.45) is 3.00. The van der Waals surface area contributed by atoms with Gasteiger partial charge >= 0.3 is 0 Å². The van der Waals surface area contributed by atoms with Crippen LogP contribution in [0.3, 0.4) is 0 Å². The average Bonchev–Trinajstić information content (AvgIpc) is 2.87. The quantitative estimate of drug-likeness (QED) is 0.846. The first kappa shape index (κ1) is 11.9. The van der Waals surface area contributed by atoms with E-state index < -0.39 is 0 Å². The Kier molecular flexibility index (Phi) is 3.59. The number of rotatable bonds is 4. The average molecular weight is 229 g/mol. The lowest BCUT2D eigenvalue weighted by Gasteiger charge is -2.09. The first-order valence-corrected chi connectivity index (χ1v) is 6.09. The molecule has 0 fully saturated rings. The first-order valence-electron chi connectivity index (χ1n) is 6.09. The molecule has 0 saturated carbocycles. The fourth-order valence-corrected chi connectivity index (χ4v) is 1.84. The molecule has 90 valence electrons. The van der Waals surface area contributed by atoms with Gasteiger partial charge in [0.05, 0.1) is 18.4 Å². The fourth-order valence-electron chi connectivity index (χ4n) is 1.84. The normalized spacial score (nSPS) is 12.6. The van der Waals surface area contributed by atoms with Gasteiger partial charge in [-0.1, -0.05) is 38.1 Å². The van der Waals surface area contributed by atoms with Gasteiger partial charge in [0.15, 0.2) is 0 Å². The predicted molar refractivity (Wildman–Crippen MR) is 70.6 cm³/mol. The van der Waals surface area contributed by atoms with Gasteiger partial charge in [0.2, 0.25) is 0 Å². The van der Waals surface area contributed by atoms with E-state index in [1.807, 2.05) is 6.20 Å². The molecule has 3 N–H and O–H groups in total. The molecule has 0 saturated heterocycles. The van der Waals surface area contributed by atoms with Crippen LogP contribution in [0.15, 0.2) is 30.5 Å². The Bertz CT molecular complexity index is 470. The van der Waals surface area contributed by atoms with Gasteiger partial charge in [0.25, 0.3) is 0 Å². The molecule has 2 aromatic rings. The van der Waals surface area contributed by atoms with Gasteiger partial charge in [0.1, 0.15) is 5.82 Å². The number of imidazole rings is 1. The summed E-state index contributed by atoms with van der Waals surface area (Å²) in [4.78, 5) is 7.41. The zero-order valence-electron chi connectivity index (χ0n) is 10.4. The molecule has 0 radical (unpaired) electrons. The van der Waals surface area contributed by atoms with Crippen LogP contribution in [0, 0.1) is 0 Å². The second-order valence-electron chi connectivity index (χ2n) is 4.38. The third-order valence-corrected chi connectivity index (χ3v) is 3.22. The van der Waals surface area contributed by atoms with E-state index in [1.165, 1.54) is 12.0 Å². The lowest BCUT2D eigenvalue weighted by Crippen LogP contribution is -1.97. The number of aromatic amines is 1. The Hall–Kier alpha value is -1.61. The minimum absolute atomic E-state index is 0.449. The van der Waals surface area contributed by atoms with E-state index in [2.05, 4.69) is 48.1 Å². The molecule has 1 aromatic carbocycles. The largest absolute Gasteiger partial charge is 0.341 e. The molecular weight excluding hydrogens is 210 g/mol. The minimum atomic E-state index is 0.449. The third-order valence-electron chi connectivity index (χ3n) is 3.22. The summed E-state index contributed by atoms with van der Waals surface area (Å²) in [7, 11) is 0. The van der Waals surface area contributed by atoms with Gasteiger partial charge in [-0.3, -0.25) is 0 Å². The van der Waals surface area contributed by atoms with Crippen LogP contribution in [-0.4, -0.2) is 9.97 Å². The van der Waals surface area contributed by atoms with E-state index in [0.717, 1.165) is 17.1 Å². The van der Waals surface area contributed by atoms with Crippen molar-refractivity contribution in [3.8, 4) is 11.3 Å². The van der Waals surface area contributed by atoms with Crippen LogP contribution in [0.25, 0.3) is 11.3 Å². The monoisotopic (exact) mass is 229 g/mol. The standard InChI is InChI=1S/C14H19N3/c1-3-10(2)11-4-6-12(7-5-11)13-9-16-14(8-15)17-13/h4-7,9-10H,3,8,15H2,1-2H3,(H,16,17). The second-order valence-corrected chi connectivity index (χ2v) is 4.38. The number of H-pyrrole nitrogens is 1. The first-order chi connectivity index (χ1) is 8.24. The summed E-state index contributed by atoms with van der Waals surface area (Å²) in [6, 6.07) is 8.64. The van der Waals surface area contributed by atoms with E-state index in [4.69, 9.17) is 5.73 Å². The maximum absolute atomic E-state index is 5.53. The molecule has 17 heavy (non-hydrogen) atoms. The Morgan fingerprint density at radius 2 is 2.00 bits per heavy atom. The van der Waals surface area contributed by atoms with E-state index in [1.54, 1.807) is 0 Å². The summed E-state index contributed by atoms with van der Waals surface area (Å²) in [5.74, 6) is 1.44. The Labute approximate surface area is 102 Å². The number of nitrogens with zero attached hydrogens (tertiary/aromatic N) is 1. The number of benzene rings is 1.